The summed E-state index contributed by atoms with van der Waals surface area (Å²) in [5, 5.41) is 19.2. The largest absolute Gasteiger partial charge is 0.458 e. The number of fused-ring (bicyclic) bond motifs is 1. The lowest BCUT2D eigenvalue weighted by Crippen LogP contribution is -2.34. The number of aliphatic hydroxyl groups excluding tert-OH is 2. The van der Waals surface area contributed by atoms with Crippen LogP contribution in [0.2, 0.25) is 0 Å². The average molecular weight is 362 g/mol. The van der Waals surface area contributed by atoms with Crippen LogP contribution in [0.15, 0.2) is 47.1 Å². The van der Waals surface area contributed by atoms with Crippen LogP contribution in [0.4, 0.5) is 0 Å². The molecule has 0 unspecified atom stereocenters. The second-order valence-electron chi connectivity index (χ2n) is 6.85. The van der Waals surface area contributed by atoms with E-state index in [0.717, 1.165) is 5.57 Å². The highest BCUT2D eigenvalue weighted by atomic mass is 16.6. The maximum atomic E-state index is 12.3. The summed E-state index contributed by atoms with van der Waals surface area (Å²) in [6.45, 7) is 8.79. The van der Waals surface area contributed by atoms with Crippen molar-refractivity contribution in [3.63, 3.8) is 0 Å². The molecule has 1 aliphatic carbocycles. The molecule has 0 aromatic heterocycles. The quantitative estimate of drug-likeness (QED) is 0.453. The molecule has 142 valence electrons. The fourth-order valence-corrected chi connectivity index (χ4v) is 3.14. The van der Waals surface area contributed by atoms with Crippen LogP contribution in [-0.2, 0) is 19.1 Å². The van der Waals surface area contributed by atoms with Gasteiger partial charge in [-0.1, -0.05) is 18.2 Å². The van der Waals surface area contributed by atoms with E-state index in [1.54, 1.807) is 19.9 Å². The highest BCUT2D eigenvalue weighted by Gasteiger charge is 2.44. The molecule has 6 heteroatoms. The maximum Gasteiger partial charge on any atom is 0.334 e. The van der Waals surface area contributed by atoms with Crippen LogP contribution < -0.4 is 0 Å². The van der Waals surface area contributed by atoms with Crippen molar-refractivity contribution in [1.29, 1.82) is 0 Å². The molecule has 1 saturated heterocycles. The molecule has 0 bridgehead atoms. The van der Waals surface area contributed by atoms with Crippen LogP contribution >= 0.6 is 0 Å². The van der Waals surface area contributed by atoms with Crippen molar-refractivity contribution in [3.8, 4) is 0 Å². The zero-order valence-corrected chi connectivity index (χ0v) is 15.4. The molecule has 0 aromatic carbocycles. The van der Waals surface area contributed by atoms with Crippen molar-refractivity contribution < 1.29 is 29.3 Å². The van der Waals surface area contributed by atoms with Crippen molar-refractivity contribution in [1.82, 2.24) is 0 Å². The summed E-state index contributed by atoms with van der Waals surface area (Å²) < 4.78 is 11.1. The zero-order chi connectivity index (χ0) is 19.4. The molecule has 2 rings (SSSR count). The number of ether oxygens (including phenoxy) is 2. The summed E-state index contributed by atoms with van der Waals surface area (Å²) in [6.07, 6.45) is 3.87. The lowest BCUT2D eigenvalue weighted by Gasteiger charge is -2.28. The molecule has 26 heavy (non-hydrogen) atoms. The standard InChI is InChI=1S/C20H26O6/c1-11-5-6-15(22)13(3)10-17-18(14(4)20(24)26-17)16(9-11)25-19(23)12(2)7-8-21/h5,7,10,15-18,21-22H,4,6,8-9H2,1-3H3/b11-5+,12-7+,13-10-/t15-,16-,17+,18-/m1/s1. The minimum absolute atomic E-state index is 0.253. The average Bonchev–Trinajstić information content (AvgIpc) is 2.85. The highest BCUT2D eigenvalue weighted by Crippen LogP contribution is 2.36. The van der Waals surface area contributed by atoms with E-state index < -0.39 is 36.2 Å². The second-order valence-corrected chi connectivity index (χ2v) is 6.85. The molecule has 0 spiro atoms. The Morgan fingerprint density at radius 2 is 2.15 bits per heavy atom. The van der Waals surface area contributed by atoms with E-state index in [9.17, 15) is 14.7 Å². The molecule has 2 N–H and O–H groups in total. The van der Waals surface area contributed by atoms with Gasteiger partial charge in [-0.3, -0.25) is 0 Å². The Hall–Kier alpha value is -2.18. The third kappa shape index (κ3) is 4.51. The second kappa shape index (κ2) is 8.47. The van der Waals surface area contributed by atoms with Gasteiger partial charge in [-0.25, -0.2) is 9.59 Å². The minimum atomic E-state index is -0.660. The van der Waals surface area contributed by atoms with Crippen LogP contribution in [0, 0.1) is 5.92 Å². The van der Waals surface area contributed by atoms with Crippen LogP contribution in [0.5, 0.6) is 0 Å². The van der Waals surface area contributed by atoms with E-state index in [0.29, 0.717) is 24.0 Å². The van der Waals surface area contributed by atoms with E-state index >= 15 is 0 Å². The van der Waals surface area contributed by atoms with E-state index in [4.69, 9.17) is 14.6 Å². The predicted octanol–water partition coefficient (Wildman–Crippen LogP) is 1.98. The Morgan fingerprint density at radius 1 is 1.46 bits per heavy atom. The van der Waals surface area contributed by atoms with Crippen molar-refractivity contribution in [2.45, 2.75) is 51.9 Å². The molecule has 0 radical (unpaired) electrons. The van der Waals surface area contributed by atoms with E-state index in [-0.39, 0.29) is 12.2 Å². The molecule has 6 nitrogen and oxygen atoms in total. The molecule has 0 saturated carbocycles. The van der Waals surface area contributed by atoms with E-state index in [2.05, 4.69) is 6.58 Å². The van der Waals surface area contributed by atoms with Gasteiger partial charge in [0, 0.05) is 17.6 Å². The number of hydrogen-bond acceptors (Lipinski definition) is 6. The first-order chi connectivity index (χ1) is 12.2. The molecular weight excluding hydrogens is 336 g/mol. The van der Waals surface area contributed by atoms with Gasteiger partial charge in [0.25, 0.3) is 0 Å². The molecule has 4 atom stereocenters. The summed E-state index contributed by atoms with van der Waals surface area (Å²) in [4.78, 5) is 24.4. The molecule has 0 aromatic rings. The van der Waals surface area contributed by atoms with Gasteiger partial charge in [-0.2, -0.15) is 0 Å². The number of carbonyl (C=O) groups excluding carboxylic acids is 2. The number of rotatable bonds is 3. The van der Waals surface area contributed by atoms with Crippen molar-refractivity contribution >= 4 is 11.9 Å². The first-order valence-corrected chi connectivity index (χ1v) is 8.65. The van der Waals surface area contributed by atoms with Crippen LogP contribution in [-0.4, -0.2) is 47.1 Å². The van der Waals surface area contributed by atoms with Crippen LogP contribution in [0.3, 0.4) is 0 Å². The van der Waals surface area contributed by atoms with E-state index in [1.165, 1.54) is 6.08 Å². The third-order valence-corrected chi connectivity index (χ3v) is 4.81. The van der Waals surface area contributed by atoms with Crippen LogP contribution in [0.1, 0.15) is 33.6 Å². The molecule has 2 aliphatic rings. The Balaban J connectivity index is 2.39. The molecule has 1 aliphatic heterocycles. The normalized spacial score (nSPS) is 34.1. The smallest absolute Gasteiger partial charge is 0.334 e. The van der Waals surface area contributed by atoms with Gasteiger partial charge in [-0.15, -0.1) is 0 Å². The number of esters is 2. The van der Waals surface area contributed by atoms with Crippen molar-refractivity contribution in [2.75, 3.05) is 6.61 Å². The van der Waals surface area contributed by atoms with E-state index in [1.807, 2.05) is 13.0 Å². The molecule has 1 heterocycles. The Kier molecular flexibility index (Phi) is 6.56. The SMILES string of the molecule is C=C1C(=O)O[C@H]2/C=C(/C)[C@H](O)C/C=C(\C)C[C@@H](OC(=O)/C(C)=C/CO)[C@@H]12. The lowest BCUT2D eigenvalue weighted by molar-refractivity contribution is -0.147. The maximum absolute atomic E-state index is 12.3. The summed E-state index contributed by atoms with van der Waals surface area (Å²) >= 11 is 0. The summed E-state index contributed by atoms with van der Waals surface area (Å²) in [5.74, 6) is -1.61. The topological polar surface area (TPSA) is 93.1 Å². The van der Waals surface area contributed by atoms with Gasteiger partial charge in [0.05, 0.1) is 18.6 Å². The number of carbonyl (C=O) groups is 2. The molecular formula is C20H26O6. The fourth-order valence-electron chi connectivity index (χ4n) is 3.14. The summed E-state index contributed by atoms with van der Waals surface area (Å²) in [6, 6.07) is 0. The van der Waals surface area contributed by atoms with Crippen molar-refractivity contribution in [2.24, 2.45) is 5.92 Å². The monoisotopic (exact) mass is 362 g/mol. The van der Waals surface area contributed by atoms with Gasteiger partial charge < -0.3 is 19.7 Å². The first-order valence-electron chi connectivity index (χ1n) is 8.65. The summed E-state index contributed by atoms with van der Waals surface area (Å²) in [5.41, 5.74) is 2.17. The molecule has 0 amide bonds. The Morgan fingerprint density at radius 3 is 2.81 bits per heavy atom. The van der Waals surface area contributed by atoms with Crippen molar-refractivity contribution in [3.05, 3.63) is 47.1 Å². The Bertz CT molecular complexity index is 684. The lowest BCUT2D eigenvalue weighted by atomic mass is 9.85. The van der Waals surface area contributed by atoms with Gasteiger partial charge in [0.15, 0.2) is 0 Å². The van der Waals surface area contributed by atoms with Gasteiger partial charge >= 0.3 is 11.9 Å². The Labute approximate surface area is 153 Å². The molecule has 1 fully saturated rings. The van der Waals surface area contributed by atoms with Crippen LogP contribution in [0.25, 0.3) is 0 Å². The predicted molar refractivity (Wildman–Crippen MR) is 96.0 cm³/mol. The van der Waals surface area contributed by atoms with Gasteiger partial charge in [0.1, 0.15) is 12.2 Å². The minimum Gasteiger partial charge on any atom is -0.458 e. The van der Waals surface area contributed by atoms with Gasteiger partial charge in [-0.05, 0) is 44.9 Å². The fraction of sp³-hybridized carbons (Fsp3) is 0.500. The highest BCUT2D eigenvalue weighted by molar-refractivity contribution is 5.92. The third-order valence-electron chi connectivity index (χ3n) is 4.81. The zero-order valence-electron chi connectivity index (χ0n) is 15.4. The number of aliphatic hydroxyl groups is 2. The van der Waals surface area contributed by atoms with Gasteiger partial charge in [0.2, 0.25) is 0 Å². The number of hydrogen-bond donors (Lipinski definition) is 2. The first kappa shape index (κ1) is 20.1. The summed E-state index contributed by atoms with van der Waals surface area (Å²) in [7, 11) is 0.